The molecule has 0 aliphatic heterocycles. The molecule has 0 radical (unpaired) electrons. The number of nitrogens with zero attached hydrogens (tertiary/aromatic N) is 3. The van der Waals surface area contributed by atoms with E-state index in [0.717, 1.165) is 5.01 Å². The summed E-state index contributed by atoms with van der Waals surface area (Å²) in [5, 5.41) is 6.51. The van der Waals surface area contributed by atoms with E-state index in [1.54, 1.807) is 29.9 Å². The highest BCUT2D eigenvalue weighted by Gasteiger charge is 1.97. The second kappa shape index (κ2) is 4.34. The minimum atomic E-state index is 0.532. The van der Waals surface area contributed by atoms with Crippen molar-refractivity contribution in [1.82, 2.24) is 15.0 Å². The first-order valence-corrected chi connectivity index (χ1v) is 5.20. The molecule has 0 unspecified atom stereocenters. The Balaban J connectivity index is 1.95. The molecule has 6 heteroatoms. The Bertz CT molecular complexity index is 386. The molecule has 0 saturated heterocycles. The molecular formula is C8H7ClN4S. The van der Waals surface area contributed by atoms with Gasteiger partial charge < -0.3 is 5.32 Å². The van der Waals surface area contributed by atoms with Gasteiger partial charge in [0.15, 0.2) is 0 Å². The molecular weight excluding hydrogens is 220 g/mol. The van der Waals surface area contributed by atoms with Crippen LogP contribution in [0.15, 0.2) is 24.0 Å². The molecule has 0 fully saturated rings. The second-order valence-corrected chi connectivity index (χ2v) is 3.92. The fraction of sp³-hybridized carbons (Fsp3) is 0.125. The highest BCUT2D eigenvalue weighted by atomic mass is 35.5. The van der Waals surface area contributed by atoms with Crippen LogP contribution in [0.2, 0.25) is 5.02 Å². The van der Waals surface area contributed by atoms with Crippen molar-refractivity contribution >= 4 is 28.9 Å². The third-order valence-electron chi connectivity index (χ3n) is 1.50. The minimum Gasteiger partial charge on any atom is -0.348 e. The number of hydrogen-bond donors (Lipinski definition) is 1. The van der Waals surface area contributed by atoms with E-state index in [-0.39, 0.29) is 0 Å². The third kappa shape index (κ3) is 2.40. The fourth-order valence-electron chi connectivity index (χ4n) is 0.899. The molecule has 0 saturated carbocycles. The van der Waals surface area contributed by atoms with Crippen molar-refractivity contribution in [2.24, 2.45) is 0 Å². The Morgan fingerprint density at radius 3 is 2.71 bits per heavy atom. The van der Waals surface area contributed by atoms with Gasteiger partial charge in [0.1, 0.15) is 5.01 Å². The molecule has 4 nitrogen and oxygen atoms in total. The van der Waals surface area contributed by atoms with Crippen molar-refractivity contribution in [2.45, 2.75) is 6.54 Å². The zero-order valence-corrected chi connectivity index (χ0v) is 8.72. The second-order valence-electron chi connectivity index (χ2n) is 2.50. The summed E-state index contributed by atoms with van der Waals surface area (Å²) in [4.78, 5) is 12.1. The van der Waals surface area contributed by atoms with Crippen LogP contribution in [0.5, 0.6) is 0 Å². The van der Waals surface area contributed by atoms with E-state index in [1.165, 1.54) is 0 Å². The molecule has 0 aliphatic carbocycles. The summed E-state index contributed by atoms with van der Waals surface area (Å²) in [5.74, 6) is 0.560. The number of anilines is 1. The Kier molecular flexibility index (Phi) is 2.90. The van der Waals surface area contributed by atoms with Crippen molar-refractivity contribution < 1.29 is 0 Å². The van der Waals surface area contributed by atoms with E-state index >= 15 is 0 Å². The maximum absolute atomic E-state index is 5.65. The van der Waals surface area contributed by atoms with Crippen LogP contribution in [0, 0.1) is 0 Å². The van der Waals surface area contributed by atoms with Crippen LogP contribution in [-0.4, -0.2) is 15.0 Å². The van der Waals surface area contributed by atoms with Gasteiger partial charge in [0.05, 0.1) is 24.0 Å². The monoisotopic (exact) mass is 226 g/mol. The maximum atomic E-state index is 5.65. The van der Waals surface area contributed by atoms with Gasteiger partial charge in [-0.25, -0.2) is 15.0 Å². The predicted octanol–water partition coefficient (Wildman–Crippen LogP) is 2.20. The molecule has 72 valence electrons. The maximum Gasteiger partial charge on any atom is 0.223 e. The lowest BCUT2D eigenvalue weighted by Crippen LogP contribution is -2.02. The first-order chi connectivity index (χ1) is 6.84. The first kappa shape index (κ1) is 9.36. The zero-order valence-electron chi connectivity index (χ0n) is 7.14. The van der Waals surface area contributed by atoms with Crippen LogP contribution in [0.1, 0.15) is 5.01 Å². The van der Waals surface area contributed by atoms with Crippen molar-refractivity contribution in [2.75, 3.05) is 5.32 Å². The molecule has 2 heterocycles. The quantitative estimate of drug-likeness (QED) is 0.872. The largest absolute Gasteiger partial charge is 0.348 e. The van der Waals surface area contributed by atoms with E-state index in [4.69, 9.17) is 11.6 Å². The van der Waals surface area contributed by atoms with Gasteiger partial charge in [-0.05, 0) is 0 Å². The molecule has 0 aromatic carbocycles. The predicted molar refractivity (Wildman–Crippen MR) is 56.5 cm³/mol. The summed E-state index contributed by atoms with van der Waals surface area (Å²) in [7, 11) is 0. The van der Waals surface area contributed by atoms with Crippen molar-refractivity contribution in [3.63, 3.8) is 0 Å². The average molecular weight is 227 g/mol. The van der Waals surface area contributed by atoms with Crippen molar-refractivity contribution in [3.8, 4) is 0 Å². The van der Waals surface area contributed by atoms with Gasteiger partial charge in [0, 0.05) is 11.6 Å². The van der Waals surface area contributed by atoms with E-state index in [2.05, 4.69) is 20.3 Å². The highest BCUT2D eigenvalue weighted by molar-refractivity contribution is 7.09. The van der Waals surface area contributed by atoms with Crippen LogP contribution < -0.4 is 5.32 Å². The van der Waals surface area contributed by atoms with Crippen LogP contribution in [-0.2, 0) is 6.54 Å². The van der Waals surface area contributed by atoms with Gasteiger partial charge in [0.2, 0.25) is 5.95 Å². The summed E-state index contributed by atoms with van der Waals surface area (Å²) in [5.41, 5.74) is 0. The van der Waals surface area contributed by atoms with Gasteiger partial charge in [-0.1, -0.05) is 11.6 Å². The Hall–Kier alpha value is -1.20. The lowest BCUT2D eigenvalue weighted by molar-refractivity contribution is 1.04. The van der Waals surface area contributed by atoms with Crippen LogP contribution in [0.4, 0.5) is 5.95 Å². The highest BCUT2D eigenvalue weighted by Crippen LogP contribution is 2.08. The Labute approximate surface area is 90.0 Å². The van der Waals surface area contributed by atoms with E-state index in [0.29, 0.717) is 17.5 Å². The molecule has 0 amide bonds. The standard InChI is InChI=1S/C8H7ClN4S/c9-6-3-11-8(12-4-6)13-5-7-10-1-2-14-7/h1-4H,5H2,(H,11,12,13). The molecule has 2 aromatic heterocycles. The summed E-state index contributed by atoms with van der Waals surface area (Å²) >= 11 is 7.24. The molecule has 0 spiro atoms. The van der Waals surface area contributed by atoms with Gasteiger partial charge >= 0.3 is 0 Å². The first-order valence-electron chi connectivity index (χ1n) is 3.94. The number of nitrogens with one attached hydrogen (secondary N) is 1. The smallest absolute Gasteiger partial charge is 0.223 e. The average Bonchev–Trinajstić information content (AvgIpc) is 2.70. The Morgan fingerprint density at radius 2 is 2.07 bits per heavy atom. The topological polar surface area (TPSA) is 50.7 Å². The van der Waals surface area contributed by atoms with E-state index < -0.39 is 0 Å². The number of thiazole rings is 1. The van der Waals surface area contributed by atoms with Crippen molar-refractivity contribution in [1.29, 1.82) is 0 Å². The third-order valence-corrected chi connectivity index (χ3v) is 2.48. The van der Waals surface area contributed by atoms with Crippen LogP contribution >= 0.6 is 22.9 Å². The lowest BCUT2D eigenvalue weighted by atomic mass is 10.6. The molecule has 2 aromatic rings. The summed E-state index contributed by atoms with van der Waals surface area (Å²) in [6.45, 7) is 0.638. The summed E-state index contributed by atoms with van der Waals surface area (Å²) < 4.78 is 0. The minimum absolute atomic E-state index is 0.532. The van der Waals surface area contributed by atoms with Gasteiger partial charge in [-0.2, -0.15) is 0 Å². The van der Waals surface area contributed by atoms with Crippen molar-refractivity contribution in [3.05, 3.63) is 34.0 Å². The Morgan fingerprint density at radius 1 is 1.29 bits per heavy atom. The number of rotatable bonds is 3. The fourth-order valence-corrected chi connectivity index (χ4v) is 1.55. The van der Waals surface area contributed by atoms with Gasteiger partial charge in [-0.3, -0.25) is 0 Å². The number of hydrogen-bond acceptors (Lipinski definition) is 5. The zero-order chi connectivity index (χ0) is 9.80. The van der Waals surface area contributed by atoms with Crippen LogP contribution in [0.3, 0.4) is 0 Å². The molecule has 2 rings (SSSR count). The summed E-state index contributed by atoms with van der Waals surface area (Å²) in [6.07, 6.45) is 4.88. The van der Waals surface area contributed by atoms with Gasteiger partial charge in [-0.15, -0.1) is 11.3 Å². The molecule has 0 aliphatic rings. The van der Waals surface area contributed by atoms with Gasteiger partial charge in [0.25, 0.3) is 0 Å². The lowest BCUT2D eigenvalue weighted by Gasteiger charge is -2.00. The number of halogens is 1. The van der Waals surface area contributed by atoms with Crippen LogP contribution in [0.25, 0.3) is 0 Å². The molecule has 1 N–H and O–H groups in total. The molecule has 0 atom stereocenters. The normalized spacial score (nSPS) is 10.1. The SMILES string of the molecule is Clc1cnc(NCc2nccs2)nc1. The molecule has 0 bridgehead atoms. The summed E-state index contributed by atoms with van der Waals surface area (Å²) in [6, 6.07) is 0. The van der Waals surface area contributed by atoms with E-state index in [1.807, 2.05) is 5.38 Å². The number of aromatic nitrogens is 3. The van der Waals surface area contributed by atoms with E-state index in [9.17, 15) is 0 Å². The molecule has 14 heavy (non-hydrogen) atoms.